The van der Waals surface area contributed by atoms with Crippen molar-refractivity contribution in [1.29, 1.82) is 0 Å². The van der Waals surface area contributed by atoms with Crippen LogP contribution in [0.4, 0.5) is 0 Å². The highest BCUT2D eigenvalue weighted by Gasteiger charge is 2.39. The van der Waals surface area contributed by atoms with Gasteiger partial charge in [0.2, 0.25) is 0 Å². The summed E-state index contributed by atoms with van der Waals surface area (Å²) in [6.45, 7) is 7.42. The molecule has 0 amide bonds. The second-order valence-corrected chi connectivity index (χ2v) is 6.20. The third-order valence-corrected chi connectivity index (χ3v) is 4.20. The Labute approximate surface area is 133 Å². The summed E-state index contributed by atoms with van der Waals surface area (Å²) in [6.07, 6.45) is 3.93. The molecule has 2 rings (SSSR count). The lowest BCUT2D eigenvalue weighted by Crippen LogP contribution is -2.27. The minimum absolute atomic E-state index is 0.233. The van der Waals surface area contributed by atoms with Crippen LogP contribution in [0.25, 0.3) is 0 Å². The van der Waals surface area contributed by atoms with Crippen LogP contribution in [0.15, 0.2) is 18.2 Å². The highest BCUT2D eigenvalue weighted by atomic mass is 35.5. The quantitative estimate of drug-likeness (QED) is 0.862. The number of aryl methyl sites for hydroxylation is 1. The van der Waals surface area contributed by atoms with E-state index in [9.17, 15) is 4.79 Å². The Morgan fingerprint density at radius 1 is 1.43 bits per heavy atom. The molecule has 21 heavy (non-hydrogen) atoms. The van der Waals surface area contributed by atoms with Crippen molar-refractivity contribution in [2.75, 3.05) is 20.2 Å². The van der Waals surface area contributed by atoms with Crippen LogP contribution in [-0.2, 0) is 4.79 Å². The van der Waals surface area contributed by atoms with E-state index in [0.29, 0.717) is 17.0 Å². The lowest BCUT2D eigenvalue weighted by Gasteiger charge is -2.11. The van der Waals surface area contributed by atoms with Gasteiger partial charge < -0.3 is 10.1 Å². The standard InChI is InChI=1S/C9H17NO.C8H9ClO/c1-3-9(4-5-9)7-10-6-8(2)11;1-6-3-4-7(9)8(5-6)10-2/h10H,3-7H2,1-2H3;3-5H,1-2H3. The molecular weight excluding hydrogens is 286 g/mol. The molecule has 0 spiro atoms. The second kappa shape index (κ2) is 8.40. The highest BCUT2D eigenvalue weighted by molar-refractivity contribution is 6.32. The molecule has 1 N–H and O–H groups in total. The fourth-order valence-corrected chi connectivity index (χ4v) is 2.30. The monoisotopic (exact) mass is 311 g/mol. The topological polar surface area (TPSA) is 38.3 Å². The van der Waals surface area contributed by atoms with E-state index in [1.165, 1.54) is 19.3 Å². The van der Waals surface area contributed by atoms with Crippen LogP contribution in [0.3, 0.4) is 0 Å². The zero-order valence-corrected chi connectivity index (χ0v) is 14.2. The minimum atomic E-state index is 0.233. The molecule has 1 aliphatic carbocycles. The number of hydrogen-bond donors (Lipinski definition) is 1. The van der Waals surface area contributed by atoms with Gasteiger partial charge >= 0.3 is 0 Å². The van der Waals surface area contributed by atoms with Crippen molar-refractivity contribution in [3.63, 3.8) is 0 Å². The largest absolute Gasteiger partial charge is 0.495 e. The molecule has 0 radical (unpaired) electrons. The number of Topliss-reactive ketones (excluding diaryl/α,β-unsaturated/α-hetero) is 1. The lowest BCUT2D eigenvalue weighted by molar-refractivity contribution is -0.116. The number of ketones is 1. The number of halogens is 1. The van der Waals surface area contributed by atoms with Crippen molar-refractivity contribution < 1.29 is 9.53 Å². The first-order chi connectivity index (χ1) is 9.92. The van der Waals surface area contributed by atoms with E-state index >= 15 is 0 Å². The van der Waals surface area contributed by atoms with Gasteiger partial charge in [-0.1, -0.05) is 24.6 Å². The van der Waals surface area contributed by atoms with Crippen LogP contribution in [0.1, 0.15) is 38.7 Å². The maximum atomic E-state index is 10.6. The van der Waals surface area contributed by atoms with Gasteiger partial charge in [-0.2, -0.15) is 0 Å². The van der Waals surface area contributed by atoms with E-state index in [0.717, 1.165) is 17.9 Å². The Balaban J connectivity index is 0.000000211. The summed E-state index contributed by atoms with van der Waals surface area (Å²) in [6, 6.07) is 5.68. The summed E-state index contributed by atoms with van der Waals surface area (Å²) in [7, 11) is 1.61. The molecule has 1 aromatic carbocycles. The van der Waals surface area contributed by atoms with Crippen molar-refractivity contribution in [3.05, 3.63) is 28.8 Å². The van der Waals surface area contributed by atoms with Gasteiger partial charge in [-0.05, 0) is 56.2 Å². The van der Waals surface area contributed by atoms with E-state index in [1.54, 1.807) is 14.0 Å². The molecule has 1 aliphatic rings. The summed E-state index contributed by atoms with van der Waals surface area (Å²) in [4.78, 5) is 10.6. The van der Waals surface area contributed by atoms with Crippen molar-refractivity contribution in [2.24, 2.45) is 5.41 Å². The molecule has 0 unspecified atom stereocenters. The van der Waals surface area contributed by atoms with Crippen molar-refractivity contribution in [2.45, 2.75) is 40.0 Å². The van der Waals surface area contributed by atoms with Gasteiger partial charge in [0.15, 0.2) is 0 Å². The molecule has 0 bridgehead atoms. The summed E-state index contributed by atoms with van der Waals surface area (Å²) in [5.74, 6) is 0.971. The van der Waals surface area contributed by atoms with Crippen LogP contribution in [0, 0.1) is 12.3 Å². The average molecular weight is 312 g/mol. The molecule has 118 valence electrons. The van der Waals surface area contributed by atoms with Crippen LogP contribution in [0.2, 0.25) is 5.02 Å². The molecule has 1 fully saturated rings. The van der Waals surface area contributed by atoms with E-state index in [-0.39, 0.29) is 5.78 Å². The minimum Gasteiger partial charge on any atom is -0.495 e. The first-order valence-corrected chi connectivity index (χ1v) is 7.80. The fraction of sp³-hybridized carbons (Fsp3) is 0.588. The predicted octanol–water partition coefficient (Wildman–Crippen LogP) is 4.01. The van der Waals surface area contributed by atoms with E-state index in [1.807, 2.05) is 25.1 Å². The Morgan fingerprint density at radius 3 is 2.52 bits per heavy atom. The van der Waals surface area contributed by atoms with Gasteiger partial charge in [0, 0.05) is 6.54 Å². The molecule has 0 heterocycles. The maximum Gasteiger partial charge on any atom is 0.143 e. The summed E-state index contributed by atoms with van der Waals surface area (Å²) in [5, 5.41) is 3.85. The zero-order chi connectivity index (χ0) is 15.9. The van der Waals surface area contributed by atoms with Crippen LogP contribution < -0.4 is 10.1 Å². The number of benzene rings is 1. The SMILES string of the molecule is CCC1(CNCC(C)=O)CC1.COc1cc(C)ccc1Cl. The number of carbonyl (C=O) groups excluding carboxylic acids is 1. The molecule has 4 heteroatoms. The smallest absolute Gasteiger partial charge is 0.143 e. The van der Waals surface area contributed by atoms with Gasteiger partial charge in [0.1, 0.15) is 11.5 Å². The molecule has 1 aromatic rings. The Kier molecular flexibility index (Phi) is 7.20. The normalized spacial score (nSPS) is 14.9. The first-order valence-electron chi connectivity index (χ1n) is 7.43. The molecule has 3 nitrogen and oxygen atoms in total. The number of rotatable bonds is 6. The Morgan fingerprint density at radius 2 is 2.10 bits per heavy atom. The van der Waals surface area contributed by atoms with Crippen molar-refractivity contribution in [1.82, 2.24) is 5.32 Å². The number of nitrogens with one attached hydrogen (secondary N) is 1. The molecular formula is C17H26ClNO2. The second-order valence-electron chi connectivity index (χ2n) is 5.80. The molecule has 0 saturated heterocycles. The number of hydrogen-bond acceptors (Lipinski definition) is 3. The fourth-order valence-electron chi connectivity index (χ4n) is 2.10. The van der Waals surface area contributed by atoms with Crippen molar-refractivity contribution in [3.8, 4) is 5.75 Å². The van der Waals surface area contributed by atoms with Gasteiger partial charge in [0.05, 0.1) is 18.7 Å². The molecule has 0 aliphatic heterocycles. The van der Waals surface area contributed by atoms with Crippen LogP contribution in [-0.4, -0.2) is 26.0 Å². The zero-order valence-electron chi connectivity index (χ0n) is 13.5. The highest BCUT2D eigenvalue weighted by Crippen LogP contribution is 2.47. The van der Waals surface area contributed by atoms with Gasteiger partial charge in [-0.3, -0.25) is 4.79 Å². The first kappa shape index (κ1) is 18.0. The van der Waals surface area contributed by atoms with E-state index < -0.39 is 0 Å². The number of carbonyl (C=O) groups is 1. The third kappa shape index (κ3) is 6.49. The Hall–Kier alpha value is -1.06. The maximum absolute atomic E-state index is 10.6. The summed E-state index contributed by atoms with van der Waals surface area (Å²) in [5.41, 5.74) is 1.72. The average Bonchev–Trinajstić information content (AvgIpc) is 3.22. The number of ether oxygens (including phenoxy) is 1. The van der Waals surface area contributed by atoms with Crippen molar-refractivity contribution >= 4 is 17.4 Å². The van der Waals surface area contributed by atoms with Gasteiger partial charge in [-0.15, -0.1) is 0 Å². The molecule has 0 aromatic heterocycles. The summed E-state index contributed by atoms with van der Waals surface area (Å²) < 4.78 is 4.99. The van der Waals surface area contributed by atoms with Crippen LogP contribution in [0.5, 0.6) is 5.75 Å². The molecule has 0 atom stereocenters. The number of methoxy groups -OCH3 is 1. The van der Waals surface area contributed by atoms with Gasteiger partial charge in [-0.25, -0.2) is 0 Å². The molecule has 1 saturated carbocycles. The third-order valence-electron chi connectivity index (χ3n) is 3.89. The van der Waals surface area contributed by atoms with E-state index in [2.05, 4.69) is 12.2 Å². The Bertz CT molecular complexity index is 470. The summed E-state index contributed by atoms with van der Waals surface area (Å²) >= 11 is 5.77. The lowest BCUT2D eigenvalue weighted by atomic mass is 10.0. The predicted molar refractivity (Wildman–Crippen MR) is 88.2 cm³/mol. The van der Waals surface area contributed by atoms with Crippen LogP contribution >= 0.6 is 11.6 Å². The van der Waals surface area contributed by atoms with Gasteiger partial charge in [0.25, 0.3) is 0 Å². The van der Waals surface area contributed by atoms with E-state index in [4.69, 9.17) is 16.3 Å².